The fraction of sp³-hybridized carbons (Fsp3) is 0.148. The number of halogens is 2. The first-order valence-electron chi connectivity index (χ1n) is 10.1. The van der Waals surface area contributed by atoms with Gasteiger partial charge < -0.3 is 0 Å². The minimum Gasteiger partial charge on any atom is -0.247 e. The predicted molar refractivity (Wildman–Crippen MR) is 123 cm³/mol. The molecule has 0 unspecified atom stereocenters. The topological polar surface area (TPSA) is 12.9 Å². The molecule has 4 rings (SSSR count). The van der Waals surface area contributed by atoms with E-state index in [9.17, 15) is 8.78 Å². The number of fused-ring (bicyclic) bond motifs is 1. The summed E-state index contributed by atoms with van der Waals surface area (Å²) in [4.78, 5) is 4.77. The van der Waals surface area contributed by atoms with Crippen LogP contribution in [0.5, 0.6) is 0 Å². The monoisotopic (exact) mass is 401 g/mol. The van der Waals surface area contributed by atoms with Crippen LogP contribution in [0.25, 0.3) is 38.9 Å². The van der Waals surface area contributed by atoms with Gasteiger partial charge in [-0.25, -0.2) is 13.8 Å². The molecule has 30 heavy (non-hydrogen) atoms. The number of benzene rings is 3. The molecule has 0 saturated heterocycles. The number of hydrogen-bond donors (Lipinski definition) is 0. The number of nitrogens with zero attached hydrogens (tertiary/aromatic N) is 1. The van der Waals surface area contributed by atoms with E-state index in [0.29, 0.717) is 5.56 Å². The Morgan fingerprint density at radius 2 is 1.50 bits per heavy atom. The van der Waals surface area contributed by atoms with Gasteiger partial charge >= 0.3 is 0 Å². The third-order valence-corrected chi connectivity index (χ3v) is 4.96. The fourth-order valence-corrected chi connectivity index (χ4v) is 3.66. The van der Waals surface area contributed by atoms with Gasteiger partial charge in [0.05, 0.1) is 11.2 Å². The first-order chi connectivity index (χ1) is 14.5. The maximum absolute atomic E-state index is 14.1. The summed E-state index contributed by atoms with van der Waals surface area (Å²) in [7, 11) is 0. The number of pyridine rings is 1. The molecule has 4 aromatic rings. The standard InChI is InChI=1S/C25H19F2N.C2H6/c1-15(2)24-16(3)25(28-23-13-12-19(26)14-21(23)24)18-10-8-17(9-11-18)20-6-4-5-7-22(20)27;1-2/h4-14H,1H2,2-3H3;1-2H3. The van der Waals surface area contributed by atoms with Gasteiger partial charge in [0.15, 0.2) is 0 Å². The highest BCUT2D eigenvalue weighted by Crippen LogP contribution is 2.34. The minimum atomic E-state index is -0.293. The summed E-state index contributed by atoms with van der Waals surface area (Å²) >= 11 is 0. The Morgan fingerprint density at radius 1 is 0.867 bits per heavy atom. The molecule has 0 aliphatic rings. The summed E-state index contributed by atoms with van der Waals surface area (Å²) in [6, 6.07) is 19.0. The van der Waals surface area contributed by atoms with Crippen molar-refractivity contribution < 1.29 is 8.78 Å². The molecule has 0 aliphatic carbocycles. The molecule has 152 valence electrons. The normalized spacial score (nSPS) is 10.5. The van der Waals surface area contributed by atoms with Crippen LogP contribution < -0.4 is 0 Å². The van der Waals surface area contributed by atoms with Crippen LogP contribution in [0.2, 0.25) is 0 Å². The quantitative estimate of drug-likeness (QED) is 0.337. The van der Waals surface area contributed by atoms with Crippen LogP contribution in [0, 0.1) is 18.6 Å². The van der Waals surface area contributed by atoms with Crippen molar-refractivity contribution in [2.24, 2.45) is 0 Å². The van der Waals surface area contributed by atoms with Crippen LogP contribution in [0.15, 0.2) is 73.3 Å². The Labute approximate surface area is 176 Å². The molecule has 0 spiro atoms. The molecular formula is C27H25F2N. The minimum absolute atomic E-state index is 0.248. The van der Waals surface area contributed by atoms with E-state index in [4.69, 9.17) is 4.98 Å². The molecule has 0 amide bonds. The molecule has 0 radical (unpaired) electrons. The van der Waals surface area contributed by atoms with Crippen molar-refractivity contribution in [3.05, 3.63) is 96.1 Å². The SMILES string of the molecule is C=C(C)c1c(C)c(-c2ccc(-c3ccccc3F)cc2)nc2ccc(F)cc12.CC. The molecule has 3 heteroatoms. The van der Waals surface area contributed by atoms with Gasteiger partial charge in [0.2, 0.25) is 0 Å². The first kappa shape index (κ1) is 21.4. The second-order valence-corrected chi connectivity index (χ2v) is 6.96. The second-order valence-electron chi connectivity index (χ2n) is 6.96. The molecule has 1 aromatic heterocycles. The van der Waals surface area contributed by atoms with Gasteiger partial charge in [-0.05, 0) is 54.8 Å². The molecule has 0 bridgehead atoms. The lowest BCUT2D eigenvalue weighted by atomic mass is 9.93. The highest BCUT2D eigenvalue weighted by molar-refractivity contribution is 5.95. The van der Waals surface area contributed by atoms with Crippen molar-refractivity contribution >= 4 is 16.5 Å². The molecular weight excluding hydrogens is 376 g/mol. The number of allylic oxidation sites excluding steroid dienone is 1. The number of rotatable bonds is 3. The van der Waals surface area contributed by atoms with Gasteiger partial charge in [-0.1, -0.05) is 68.5 Å². The van der Waals surface area contributed by atoms with Crippen LogP contribution in [0.4, 0.5) is 8.78 Å². The third kappa shape index (κ3) is 4.02. The van der Waals surface area contributed by atoms with E-state index in [-0.39, 0.29) is 11.6 Å². The van der Waals surface area contributed by atoms with Gasteiger partial charge in [-0.15, -0.1) is 0 Å². The summed E-state index contributed by atoms with van der Waals surface area (Å²) in [5.41, 5.74) is 6.56. The largest absolute Gasteiger partial charge is 0.247 e. The molecule has 1 heterocycles. The van der Waals surface area contributed by atoms with Crippen molar-refractivity contribution in [1.82, 2.24) is 4.98 Å². The van der Waals surface area contributed by atoms with Crippen molar-refractivity contribution in [3.8, 4) is 22.4 Å². The van der Waals surface area contributed by atoms with Gasteiger partial charge in [0, 0.05) is 16.5 Å². The van der Waals surface area contributed by atoms with Crippen LogP contribution >= 0.6 is 0 Å². The Hall–Kier alpha value is -3.33. The zero-order valence-corrected chi connectivity index (χ0v) is 17.8. The Balaban J connectivity index is 0.00000124. The van der Waals surface area contributed by atoms with Gasteiger partial charge in [-0.3, -0.25) is 0 Å². The van der Waals surface area contributed by atoms with Gasteiger partial charge in [0.1, 0.15) is 11.6 Å². The summed E-state index contributed by atoms with van der Waals surface area (Å²) in [5.74, 6) is -0.542. The van der Waals surface area contributed by atoms with Gasteiger partial charge in [-0.2, -0.15) is 0 Å². The highest BCUT2D eigenvalue weighted by atomic mass is 19.1. The van der Waals surface area contributed by atoms with Crippen molar-refractivity contribution in [2.45, 2.75) is 27.7 Å². The van der Waals surface area contributed by atoms with Gasteiger partial charge in [0.25, 0.3) is 0 Å². The summed E-state index contributed by atoms with van der Waals surface area (Å²) in [5, 5.41) is 0.761. The maximum Gasteiger partial charge on any atom is 0.131 e. The van der Waals surface area contributed by atoms with E-state index < -0.39 is 0 Å². The van der Waals surface area contributed by atoms with E-state index in [2.05, 4.69) is 6.58 Å². The van der Waals surface area contributed by atoms with E-state index in [1.807, 2.05) is 58.0 Å². The van der Waals surface area contributed by atoms with Crippen LogP contribution in [0.3, 0.4) is 0 Å². The zero-order valence-electron chi connectivity index (χ0n) is 17.8. The van der Waals surface area contributed by atoms with Crippen molar-refractivity contribution in [3.63, 3.8) is 0 Å². The molecule has 0 saturated carbocycles. The van der Waals surface area contributed by atoms with Crippen molar-refractivity contribution in [1.29, 1.82) is 0 Å². The average Bonchev–Trinajstić information content (AvgIpc) is 2.75. The van der Waals surface area contributed by atoms with Crippen LogP contribution in [0.1, 0.15) is 31.9 Å². The summed E-state index contributed by atoms with van der Waals surface area (Å²) in [6.45, 7) is 12.0. The van der Waals surface area contributed by atoms with E-state index in [1.165, 1.54) is 18.2 Å². The number of hydrogen-bond acceptors (Lipinski definition) is 1. The van der Waals surface area contributed by atoms with Crippen molar-refractivity contribution in [2.75, 3.05) is 0 Å². The van der Waals surface area contributed by atoms with E-state index in [1.54, 1.807) is 18.2 Å². The molecule has 3 aromatic carbocycles. The molecule has 0 N–H and O–H groups in total. The Morgan fingerprint density at radius 3 is 2.13 bits per heavy atom. The lowest BCUT2D eigenvalue weighted by molar-refractivity contribution is 0.629. The predicted octanol–water partition coefficient (Wildman–Crippen LogP) is 8.21. The third-order valence-electron chi connectivity index (χ3n) is 4.96. The lowest BCUT2D eigenvalue weighted by Crippen LogP contribution is -1.97. The smallest absolute Gasteiger partial charge is 0.131 e. The van der Waals surface area contributed by atoms with Crippen LogP contribution in [-0.2, 0) is 0 Å². The molecule has 0 aliphatic heterocycles. The molecule has 0 fully saturated rings. The average molecular weight is 402 g/mol. The Bertz CT molecular complexity index is 1210. The van der Waals surface area contributed by atoms with E-state index >= 15 is 0 Å². The number of aromatic nitrogens is 1. The Kier molecular flexibility index (Phi) is 6.41. The lowest BCUT2D eigenvalue weighted by Gasteiger charge is -2.15. The zero-order chi connectivity index (χ0) is 21.8. The molecule has 0 atom stereocenters. The van der Waals surface area contributed by atoms with E-state index in [0.717, 1.165) is 44.4 Å². The second kappa shape index (κ2) is 9.00. The maximum atomic E-state index is 14.1. The summed E-state index contributed by atoms with van der Waals surface area (Å²) in [6.07, 6.45) is 0. The highest BCUT2D eigenvalue weighted by Gasteiger charge is 2.15. The molecule has 1 nitrogen and oxygen atoms in total. The summed E-state index contributed by atoms with van der Waals surface area (Å²) < 4.78 is 27.8. The first-order valence-corrected chi connectivity index (χ1v) is 10.1. The van der Waals surface area contributed by atoms with Crippen LogP contribution in [-0.4, -0.2) is 4.98 Å². The fourth-order valence-electron chi connectivity index (χ4n) is 3.66.